The van der Waals surface area contributed by atoms with Crippen molar-refractivity contribution in [2.45, 2.75) is 70.1 Å². The summed E-state index contributed by atoms with van der Waals surface area (Å²) in [7, 11) is 0. The minimum atomic E-state index is -1.20. The summed E-state index contributed by atoms with van der Waals surface area (Å²) >= 11 is 0. The van der Waals surface area contributed by atoms with E-state index in [0.717, 1.165) is 0 Å². The van der Waals surface area contributed by atoms with Crippen molar-refractivity contribution in [3.8, 4) is 5.75 Å². The molecule has 0 saturated carbocycles. The van der Waals surface area contributed by atoms with Crippen molar-refractivity contribution < 1.29 is 29.4 Å². The Morgan fingerprint density at radius 2 is 1.62 bits per heavy atom. The van der Waals surface area contributed by atoms with Gasteiger partial charge >= 0.3 is 5.97 Å². The number of aromatic nitrogens is 2. The third-order valence-electron chi connectivity index (χ3n) is 6.15. The van der Waals surface area contributed by atoms with Crippen LogP contribution in [0.4, 0.5) is 0 Å². The molecule has 13 heteroatoms. The van der Waals surface area contributed by atoms with E-state index < -0.39 is 47.9 Å². The zero-order valence-electron chi connectivity index (χ0n) is 22.2. The van der Waals surface area contributed by atoms with E-state index in [1.54, 1.807) is 32.2 Å². The highest BCUT2D eigenvalue weighted by Crippen LogP contribution is 2.13. The molecule has 0 aliphatic rings. The second kappa shape index (κ2) is 15.4. The van der Waals surface area contributed by atoms with Gasteiger partial charge < -0.3 is 42.6 Å². The fourth-order valence-electron chi connectivity index (χ4n) is 3.88. The molecule has 1 aromatic heterocycles. The number of H-pyrrole nitrogens is 1. The van der Waals surface area contributed by atoms with Gasteiger partial charge in [0.15, 0.2) is 0 Å². The lowest BCUT2D eigenvalue weighted by atomic mass is 10.00. The minimum Gasteiger partial charge on any atom is -0.508 e. The number of nitrogens with one attached hydrogen (secondary N) is 4. The Hall–Kier alpha value is -3.97. The maximum Gasteiger partial charge on any atom is 0.326 e. The first-order valence-electron chi connectivity index (χ1n) is 12.9. The van der Waals surface area contributed by atoms with Gasteiger partial charge in [-0.15, -0.1) is 0 Å². The zero-order valence-corrected chi connectivity index (χ0v) is 22.2. The Labute approximate surface area is 227 Å². The second-order valence-electron chi connectivity index (χ2n) is 9.73. The highest BCUT2D eigenvalue weighted by Gasteiger charge is 2.32. The Morgan fingerprint density at radius 3 is 2.18 bits per heavy atom. The molecule has 0 aliphatic carbocycles. The third-order valence-corrected chi connectivity index (χ3v) is 6.15. The lowest BCUT2D eigenvalue weighted by Gasteiger charge is -2.27. The number of imidazole rings is 1. The molecule has 1 aromatic carbocycles. The summed E-state index contributed by atoms with van der Waals surface area (Å²) < 4.78 is 0. The van der Waals surface area contributed by atoms with E-state index in [4.69, 9.17) is 11.5 Å². The van der Waals surface area contributed by atoms with Crippen molar-refractivity contribution in [3.63, 3.8) is 0 Å². The number of benzene rings is 1. The van der Waals surface area contributed by atoms with E-state index in [1.807, 2.05) is 0 Å². The quantitative estimate of drug-likeness (QED) is 0.128. The number of phenols is 1. The standard InChI is InChI=1S/C26H39N7O6/c1-15(2)22(33-23(35)19(28)12-17-13-29-14-30-17)25(37)32-21(11-16-6-8-18(34)9-7-16)24(36)31-20(26(38)39)5-3-4-10-27/h6-9,13-15,19-22,34H,3-5,10-12,27-28H2,1-2H3,(H,29,30)(H,31,36)(H,32,37)(H,33,35)(H,38,39). The Kier molecular flexibility index (Phi) is 12.4. The van der Waals surface area contributed by atoms with Gasteiger partial charge in [0.05, 0.1) is 12.4 Å². The highest BCUT2D eigenvalue weighted by atomic mass is 16.4. The smallest absolute Gasteiger partial charge is 0.326 e. The first kappa shape index (κ1) is 31.2. The van der Waals surface area contributed by atoms with Gasteiger partial charge in [0, 0.05) is 24.7 Å². The van der Waals surface area contributed by atoms with Crippen LogP contribution in [0.25, 0.3) is 0 Å². The lowest BCUT2D eigenvalue weighted by Crippen LogP contribution is -2.59. The van der Waals surface area contributed by atoms with Gasteiger partial charge in [0.2, 0.25) is 17.7 Å². The van der Waals surface area contributed by atoms with Gasteiger partial charge in [0.25, 0.3) is 0 Å². The molecule has 0 bridgehead atoms. The van der Waals surface area contributed by atoms with Crippen LogP contribution in [0.2, 0.25) is 0 Å². The molecule has 0 saturated heterocycles. The van der Waals surface area contributed by atoms with E-state index in [2.05, 4.69) is 25.9 Å². The van der Waals surface area contributed by atoms with Crippen LogP contribution >= 0.6 is 0 Å². The third kappa shape index (κ3) is 10.4. The predicted molar refractivity (Wildman–Crippen MR) is 143 cm³/mol. The number of amides is 3. The van der Waals surface area contributed by atoms with Gasteiger partial charge in [0.1, 0.15) is 23.9 Å². The first-order chi connectivity index (χ1) is 18.5. The predicted octanol–water partition coefficient (Wildman–Crippen LogP) is -0.448. The number of nitrogens with zero attached hydrogens (tertiary/aromatic N) is 1. The Bertz CT molecular complexity index is 1070. The molecule has 39 heavy (non-hydrogen) atoms. The molecule has 0 spiro atoms. The number of aromatic amines is 1. The van der Waals surface area contributed by atoms with Crippen molar-refractivity contribution in [1.82, 2.24) is 25.9 Å². The molecule has 2 aromatic rings. The molecule has 2 rings (SSSR count). The number of unbranched alkanes of at least 4 members (excludes halogenated alkanes) is 1. The second-order valence-corrected chi connectivity index (χ2v) is 9.73. The monoisotopic (exact) mass is 545 g/mol. The summed E-state index contributed by atoms with van der Waals surface area (Å²) in [5.41, 5.74) is 12.8. The Morgan fingerprint density at radius 1 is 0.949 bits per heavy atom. The van der Waals surface area contributed by atoms with E-state index >= 15 is 0 Å². The minimum absolute atomic E-state index is 0.0189. The topological polar surface area (TPSA) is 226 Å². The van der Waals surface area contributed by atoms with Gasteiger partial charge in [-0.05, 0) is 49.4 Å². The van der Waals surface area contributed by atoms with Crippen LogP contribution in [0.5, 0.6) is 5.75 Å². The van der Waals surface area contributed by atoms with Gasteiger partial charge in [-0.2, -0.15) is 0 Å². The maximum absolute atomic E-state index is 13.3. The van der Waals surface area contributed by atoms with Crippen molar-refractivity contribution in [2.24, 2.45) is 17.4 Å². The van der Waals surface area contributed by atoms with Crippen LogP contribution in [-0.4, -0.2) is 74.6 Å². The summed E-state index contributed by atoms with van der Waals surface area (Å²) in [5, 5.41) is 27.0. The normalized spacial score (nSPS) is 14.2. The molecule has 1 heterocycles. The Balaban J connectivity index is 2.18. The zero-order chi connectivity index (χ0) is 28.9. The summed E-state index contributed by atoms with van der Waals surface area (Å²) in [6.45, 7) is 3.86. The largest absolute Gasteiger partial charge is 0.508 e. The van der Waals surface area contributed by atoms with E-state index in [1.165, 1.54) is 18.5 Å². The number of hydrogen-bond acceptors (Lipinski definition) is 8. The van der Waals surface area contributed by atoms with E-state index in [9.17, 15) is 29.4 Å². The fraction of sp³-hybridized carbons (Fsp3) is 0.500. The van der Waals surface area contributed by atoms with E-state index in [0.29, 0.717) is 30.6 Å². The summed E-state index contributed by atoms with van der Waals surface area (Å²) in [4.78, 5) is 57.8. The average Bonchev–Trinajstić information content (AvgIpc) is 3.40. The number of carboxylic acids is 1. The van der Waals surface area contributed by atoms with Crippen molar-refractivity contribution in [1.29, 1.82) is 0 Å². The van der Waals surface area contributed by atoms with Gasteiger partial charge in [-0.1, -0.05) is 26.0 Å². The lowest BCUT2D eigenvalue weighted by molar-refractivity contribution is -0.142. The number of aliphatic carboxylic acids is 1. The average molecular weight is 546 g/mol. The highest BCUT2D eigenvalue weighted by molar-refractivity contribution is 5.94. The molecular formula is C26H39N7O6. The van der Waals surface area contributed by atoms with Crippen LogP contribution in [0.1, 0.15) is 44.4 Å². The number of rotatable bonds is 16. The molecule has 214 valence electrons. The fourth-order valence-corrected chi connectivity index (χ4v) is 3.88. The molecule has 3 amide bonds. The molecule has 13 nitrogen and oxygen atoms in total. The number of hydrogen-bond donors (Lipinski definition) is 8. The number of carbonyl (C=O) groups is 4. The molecule has 0 aliphatic heterocycles. The maximum atomic E-state index is 13.3. The van der Waals surface area contributed by atoms with Crippen LogP contribution < -0.4 is 27.4 Å². The first-order valence-corrected chi connectivity index (χ1v) is 12.9. The number of nitrogens with two attached hydrogens (primary N) is 2. The molecule has 4 atom stereocenters. The van der Waals surface area contributed by atoms with Gasteiger partial charge in [-0.3, -0.25) is 14.4 Å². The SMILES string of the molecule is CC(C)C(NC(=O)C(N)Cc1cnc[nH]1)C(=O)NC(Cc1ccc(O)cc1)C(=O)NC(CCCCN)C(=O)O. The van der Waals surface area contributed by atoms with Crippen molar-refractivity contribution in [2.75, 3.05) is 6.54 Å². The van der Waals surface area contributed by atoms with Crippen LogP contribution in [0, 0.1) is 5.92 Å². The molecule has 0 radical (unpaired) electrons. The number of carbonyl (C=O) groups excluding carboxylic acids is 3. The molecule has 4 unspecified atom stereocenters. The number of aromatic hydroxyl groups is 1. The van der Waals surface area contributed by atoms with E-state index in [-0.39, 0.29) is 30.9 Å². The van der Waals surface area contributed by atoms with Crippen LogP contribution in [-0.2, 0) is 32.0 Å². The van der Waals surface area contributed by atoms with Crippen LogP contribution in [0.15, 0.2) is 36.8 Å². The molecule has 0 fully saturated rings. The summed E-state index contributed by atoms with van der Waals surface area (Å²) in [6, 6.07) is 1.79. The molecular weight excluding hydrogens is 506 g/mol. The number of carboxylic acid groups (broad SMARTS) is 1. The summed E-state index contributed by atoms with van der Waals surface area (Å²) in [5.74, 6) is -3.39. The van der Waals surface area contributed by atoms with Crippen LogP contribution in [0.3, 0.4) is 0 Å². The summed E-state index contributed by atoms with van der Waals surface area (Å²) in [6.07, 6.45) is 4.51. The van der Waals surface area contributed by atoms with Crippen molar-refractivity contribution >= 4 is 23.7 Å². The van der Waals surface area contributed by atoms with Gasteiger partial charge in [-0.25, -0.2) is 9.78 Å². The molecule has 10 N–H and O–H groups in total. The number of phenolic OH excluding ortho intramolecular Hbond substituents is 1. The van der Waals surface area contributed by atoms with Crippen molar-refractivity contribution in [3.05, 3.63) is 48.0 Å².